The van der Waals surface area contributed by atoms with Crippen LogP contribution in [0.1, 0.15) is 180 Å². The van der Waals surface area contributed by atoms with Gasteiger partial charge in [0.05, 0.1) is 31.8 Å². The summed E-state index contributed by atoms with van der Waals surface area (Å²) in [5, 5.41) is 0. The molecule has 21 heteroatoms. The third-order valence-electron chi connectivity index (χ3n) is 24.6. The Morgan fingerprint density at radius 2 is 0.989 bits per heavy atom. The van der Waals surface area contributed by atoms with Crippen LogP contribution in [0.3, 0.4) is 0 Å². The second-order valence-electron chi connectivity index (χ2n) is 30.1. The summed E-state index contributed by atoms with van der Waals surface area (Å²) in [4.78, 5) is 66.1. The lowest BCUT2D eigenvalue weighted by Crippen LogP contribution is -2.56. The predicted molar refractivity (Wildman–Crippen MR) is 352 cm³/mol. The quantitative estimate of drug-likeness (QED) is 0.211. The van der Waals surface area contributed by atoms with Gasteiger partial charge in [-0.15, -0.1) is 0 Å². The molecule has 3 aromatic rings. The van der Waals surface area contributed by atoms with Crippen LogP contribution in [0, 0.1) is 23.4 Å². The monoisotopic (exact) mass is 1310 g/mol. The van der Waals surface area contributed by atoms with E-state index in [9.17, 15) is 40.8 Å². The van der Waals surface area contributed by atoms with Crippen molar-refractivity contribution in [2.75, 3.05) is 99.1 Å². The molecule has 4 bridgehead atoms. The number of fused-ring (bicyclic) bond motifs is 10. The number of hydrogen-bond donors (Lipinski definition) is 0. The molecule has 0 aromatic heterocycles. The van der Waals surface area contributed by atoms with Crippen molar-refractivity contribution in [2.24, 2.45) is 5.92 Å². The summed E-state index contributed by atoms with van der Waals surface area (Å²) in [7, 11) is -3.43. The number of carbonyl (C=O) groups is 4. The van der Waals surface area contributed by atoms with Crippen LogP contribution in [0.5, 0.6) is 0 Å². The number of halogens is 3. The van der Waals surface area contributed by atoms with E-state index in [1.54, 1.807) is 31.2 Å². The van der Waals surface area contributed by atoms with Crippen molar-refractivity contribution < 1.29 is 56.4 Å². The van der Waals surface area contributed by atoms with Gasteiger partial charge in [-0.1, -0.05) is 26.2 Å². The van der Waals surface area contributed by atoms with Crippen LogP contribution in [-0.2, 0) is 50.1 Å². The van der Waals surface area contributed by atoms with Gasteiger partial charge >= 0.3 is 12.2 Å². The number of benzene rings is 3. The van der Waals surface area contributed by atoms with E-state index in [1.165, 1.54) is 66.9 Å². The van der Waals surface area contributed by atoms with Gasteiger partial charge in [0.15, 0.2) is 0 Å². The first-order chi connectivity index (χ1) is 44.8. The molecule has 11 aliphatic heterocycles. The van der Waals surface area contributed by atoms with E-state index < -0.39 is 10.0 Å². The number of ether oxygens (including phenoxy) is 3. The molecule has 8 saturated heterocycles. The third-order valence-corrected chi connectivity index (χ3v) is 25.7. The molecule has 93 heavy (non-hydrogen) atoms. The lowest BCUT2D eigenvalue weighted by Gasteiger charge is -2.47. The summed E-state index contributed by atoms with van der Waals surface area (Å²) >= 11 is 0. The Bertz CT molecular complexity index is 3370. The smallest absolute Gasteiger partial charge is 0.410 e. The van der Waals surface area contributed by atoms with Gasteiger partial charge in [-0.3, -0.25) is 13.9 Å². The van der Waals surface area contributed by atoms with Gasteiger partial charge in [-0.25, -0.2) is 31.2 Å². The van der Waals surface area contributed by atoms with Gasteiger partial charge in [0.2, 0.25) is 21.8 Å². The second-order valence-corrected chi connectivity index (χ2v) is 32.0. The Kier molecular flexibility index (Phi) is 18.2. The van der Waals surface area contributed by atoms with Crippen molar-refractivity contribution in [1.29, 1.82) is 0 Å². The molecular formula is C72H99F3N8O9S. The number of sulfonamides is 1. The molecule has 4 unspecified atom stereocenters. The number of nitrogens with zero attached hydrogens (tertiary/aromatic N) is 8. The summed E-state index contributed by atoms with van der Waals surface area (Å²) < 4.78 is 85.3. The van der Waals surface area contributed by atoms with Gasteiger partial charge in [0.25, 0.3) is 0 Å². The maximum atomic E-state index is 14.3. The fourth-order valence-electron chi connectivity index (χ4n) is 19.4. The molecule has 2 saturated carbocycles. The minimum absolute atomic E-state index is 0. The topological polar surface area (TPSA) is 156 Å². The first-order valence-corrected chi connectivity index (χ1v) is 37.4. The van der Waals surface area contributed by atoms with Crippen molar-refractivity contribution in [3.8, 4) is 0 Å². The summed E-state index contributed by atoms with van der Waals surface area (Å²) in [6, 6.07) is 17.1. The zero-order valence-electron chi connectivity index (χ0n) is 54.9. The molecule has 3 aromatic carbocycles. The van der Waals surface area contributed by atoms with Crippen LogP contribution < -0.4 is 14.1 Å². The zero-order valence-corrected chi connectivity index (χ0v) is 55.8. The SMILES string of the molecule is CC(=O)N1CC2(CCN(C3CCCCC3)CC2)c2cc(F)ccc21.CCCOC(=O)N1C2CCC1CC(N1CCC3(CC1)CN(C(=O)C1CC1)c1ccc(F)cc13)C2.CS(=O)(=O)N1CC2(CCN(C3CC4CCC(C3)N4C(=O)O[C@H]3CCOC3)CC2)c2cc(F)ccc21.[HH]. The largest absolute Gasteiger partial charge is 0.449 e. The third kappa shape index (κ3) is 12.7. The number of anilines is 3. The van der Waals surface area contributed by atoms with E-state index in [1.807, 2.05) is 32.6 Å². The summed E-state index contributed by atoms with van der Waals surface area (Å²) in [6.45, 7) is 12.9. The van der Waals surface area contributed by atoms with Gasteiger partial charge in [0.1, 0.15) is 23.6 Å². The predicted octanol–water partition coefficient (Wildman–Crippen LogP) is 11.4. The molecule has 4 amide bonds. The number of hydrogen-bond acceptors (Lipinski definition) is 12. The van der Waals surface area contributed by atoms with E-state index in [0.29, 0.717) is 50.7 Å². The average molecular weight is 1310 g/mol. The zero-order chi connectivity index (χ0) is 64.6. The van der Waals surface area contributed by atoms with Gasteiger partial charge in [-0.05, 0) is 233 Å². The number of carbonyl (C=O) groups excluding carboxylic acids is 4. The normalized spacial score (nSPS) is 29.4. The Labute approximate surface area is 549 Å². The maximum Gasteiger partial charge on any atom is 0.410 e. The molecule has 17 nitrogen and oxygen atoms in total. The van der Waals surface area contributed by atoms with Crippen LogP contribution in [-0.4, -0.2) is 190 Å². The minimum atomic E-state index is -3.43. The molecule has 0 radical (unpaired) electrons. The fraction of sp³-hybridized carbons (Fsp3) is 0.694. The molecule has 508 valence electrons. The number of amides is 4. The van der Waals surface area contributed by atoms with Crippen LogP contribution in [0.2, 0.25) is 0 Å². The highest BCUT2D eigenvalue weighted by Crippen LogP contribution is 2.53. The average Bonchev–Trinajstić information content (AvgIpc) is 1.59. The Morgan fingerprint density at radius 1 is 0.548 bits per heavy atom. The number of rotatable bonds is 8. The molecule has 5 atom stereocenters. The lowest BCUT2D eigenvalue weighted by molar-refractivity contribution is -0.120. The maximum absolute atomic E-state index is 14.3. The van der Waals surface area contributed by atoms with Crippen LogP contribution in [0.25, 0.3) is 0 Å². The lowest BCUT2D eigenvalue weighted by atomic mass is 9.73. The fourth-order valence-corrected chi connectivity index (χ4v) is 20.4. The highest BCUT2D eigenvalue weighted by molar-refractivity contribution is 7.92. The molecule has 3 spiro atoms. The molecule has 16 rings (SSSR count). The minimum Gasteiger partial charge on any atom is -0.449 e. The van der Waals surface area contributed by atoms with Gasteiger partial charge < -0.3 is 48.5 Å². The summed E-state index contributed by atoms with van der Waals surface area (Å²) in [5.74, 6) is -0.257. The standard InChI is InChI=1S/C27H36FN3O3.C25H34FN3O5S.C20H27FN2O.H2/c1-2-13-34-26(33)31-20-6-7-21(31)16-22(15-20)29-11-9-27(10-12-29)17-30(25(32)18-3-4-18)24-8-5-19(28)14-23(24)27;1-35(31,32)28-16-25(22-12-17(26)2-5-23(22)28)7-9-27(10-8-25)20-13-18-3-4-19(14-20)29(18)24(30)34-21-6-11-33-15-21;1-15(24)23-14-20(18-13-16(21)7-8-19(18)23)9-11-22(12-10-20)17-5-3-2-4-6-17;/h5,8,14,18,20-22H,2-4,6-7,9-13,15-17H2,1H3;2,5,12,18-21H,3-4,6-11,13-16H2,1H3;7-8,13,17H,2-6,9-12,14H2,1H3;1H/t;18?,19?,20?,21-;;/m.0../s1. The second kappa shape index (κ2) is 26.2. The Hall–Kier alpha value is -5.48. The van der Waals surface area contributed by atoms with E-state index in [0.717, 1.165) is 195 Å². The summed E-state index contributed by atoms with van der Waals surface area (Å²) in [6.07, 6.45) is 24.8. The van der Waals surface area contributed by atoms with E-state index in [-0.39, 0.29) is 95.3 Å². The Morgan fingerprint density at radius 3 is 1.44 bits per heavy atom. The van der Waals surface area contributed by atoms with Crippen molar-refractivity contribution in [3.05, 3.63) is 88.7 Å². The van der Waals surface area contributed by atoms with E-state index in [4.69, 9.17) is 14.2 Å². The highest BCUT2D eigenvalue weighted by atomic mass is 32.2. The summed E-state index contributed by atoms with van der Waals surface area (Å²) in [5.41, 5.74) is 4.88. The van der Waals surface area contributed by atoms with Crippen molar-refractivity contribution in [1.82, 2.24) is 24.5 Å². The first kappa shape index (κ1) is 64.8. The van der Waals surface area contributed by atoms with Gasteiger partial charge in [0, 0.05) is 110 Å². The van der Waals surface area contributed by atoms with Crippen molar-refractivity contribution in [3.63, 3.8) is 0 Å². The molecule has 2 aliphatic carbocycles. The molecular weight excluding hydrogens is 1210 g/mol. The highest BCUT2D eigenvalue weighted by Gasteiger charge is 2.54. The molecule has 10 fully saturated rings. The van der Waals surface area contributed by atoms with Crippen molar-refractivity contribution >= 4 is 51.1 Å². The van der Waals surface area contributed by atoms with E-state index in [2.05, 4.69) is 14.7 Å². The van der Waals surface area contributed by atoms with Gasteiger partial charge in [-0.2, -0.15) is 0 Å². The first-order valence-electron chi connectivity index (χ1n) is 35.5. The molecule has 13 aliphatic rings. The van der Waals surface area contributed by atoms with Crippen LogP contribution in [0.4, 0.5) is 39.8 Å². The Balaban J connectivity index is 0.000000130. The van der Waals surface area contributed by atoms with E-state index >= 15 is 0 Å². The number of piperidine rings is 5. The van der Waals surface area contributed by atoms with Crippen LogP contribution in [0.15, 0.2) is 54.6 Å². The number of likely N-dealkylation sites (tertiary alicyclic amines) is 3. The molecule has 11 heterocycles. The molecule has 0 N–H and O–H groups in total. The van der Waals surface area contributed by atoms with Crippen LogP contribution >= 0.6 is 0 Å². The van der Waals surface area contributed by atoms with Crippen molar-refractivity contribution in [2.45, 2.75) is 226 Å².